The maximum atomic E-state index is 11.9. The Labute approximate surface area is 82.8 Å². The van der Waals surface area contributed by atoms with Crippen LogP contribution in [-0.2, 0) is 9.63 Å². The van der Waals surface area contributed by atoms with E-state index in [2.05, 4.69) is 0 Å². The van der Waals surface area contributed by atoms with E-state index in [1.807, 2.05) is 6.92 Å². The van der Waals surface area contributed by atoms with Crippen molar-refractivity contribution in [2.45, 2.75) is 30.9 Å². The first kappa shape index (κ1) is 9.34. The highest BCUT2D eigenvalue weighted by Gasteiger charge is 2.41. The first-order valence-electron chi connectivity index (χ1n) is 4.81. The number of nitrogens with zero attached hydrogens (tertiary/aromatic N) is 1. The van der Waals surface area contributed by atoms with Gasteiger partial charge in [-0.25, -0.2) is 5.06 Å². The molecule has 13 heavy (non-hydrogen) atoms. The molecule has 0 aliphatic carbocycles. The van der Waals surface area contributed by atoms with Gasteiger partial charge in [-0.2, -0.15) is 0 Å². The molecule has 1 unspecified atom stereocenters. The van der Waals surface area contributed by atoms with Crippen LogP contribution in [0.4, 0.5) is 0 Å². The molecule has 0 aromatic carbocycles. The van der Waals surface area contributed by atoms with Crippen molar-refractivity contribution in [1.29, 1.82) is 0 Å². The Bertz CT molecular complexity index is 208. The largest absolute Gasteiger partial charge is 0.271 e. The van der Waals surface area contributed by atoms with Crippen LogP contribution >= 0.6 is 11.8 Å². The molecule has 0 saturated carbocycles. The van der Waals surface area contributed by atoms with Gasteiger partial charge in [0.2, 0.25) is 0 Å². The lowest BCUT2D eigenvalue weighted by molar-refractivity contribution is -0.171. The SMILES string of the molecule is CC1(C(=O)N2CCCO2)CCCS1. The average molecular weight is 201 g/mol. The Balaban J connectivity index is 2.02. The zero-order chi connectivity index (χ0) is 9.31. The third-order valence-electron chi connectivity index (χ3n) is 2.65. The molecule has 1 atom stereocenters. The number of carbonyl (C=O) groups excluding carboxylic acids is 1. The van der Waals surface area contributed by atoms with Crippen molar-refractivity contribution < 1.29 is 9.63 Å². The van der Waals surface area contributed by atoms with Crippen LogP contribution in [0.25, 0.3) is 0 Å². The Morgan fingerprint density at radius 1 is 1.54 bits per heavy atom. The van der Waals surface area contributed by atoms with E-state index in [0.29, 0.717) is 6.61 Å². The van der Waals surface area contributed by atoms with Crippen LogP contribution in [0.5, 0.6) is 0 Å². The van der Waals surface area contributed by atoms with Crippen LogP contribution < -0.4 is 0 Å². The number of hydroxylamine groups is 2. The van der Waals surface area contributed by atoms with E-state index in [9.17, 15) is 4.79 Å². The maximum absolute atomic E-state index is 11.9. The molecule has 2 saturated heterocycles. The maximum Gasteiger partial charge on any atom is 0.262 e. The molecule has 74 valence electrons. The van der Waals surface area contributed by atoms with Crippen LogP contribution in [0.2, 0.25) is 0 Å². The third-order valence-corrected chi connectivity index (χ3v) is 4.16. The molecule has 0 radical (unpaired) electrons. The molecule has 1 amide bonds. The number of thioether (sulfide) groups is 1. The smallest absolute Gasteiger partial charge is 0.262 e. The van der Waals surface area contributed by atoms with Crippen molar-refractivity contribution in [2.75, 3.05) is 18.9 Å². The highest BCUT2D eigenvalue weighted by Crippen LogP contribution is 2.39. The second kappa shape index (κ2) is 3.50. The summed E-state index contributed by atoms with van der Waals surface area (Å²) >= 11 is 1.77. The van der Waals surface area contributed by atoms with Crippen LogP contribution in [0.15, 0.2) is 0 Å². The van der Waals surface area contributed by atoms with Gasteiger partial charge in [0.05, 0.1) is 17.9 Å². The minimum absolute atomic E-state index is 0.174. The molecule has 0 bridgehead atoms. The van der Waals surface area contributed by atoms with Crippen LogP contribution in [0.3, 0.4) is 0 Å². The fourth-order valence-electron chi connectivity index (χ4n) is 1.82. The standard InChI is InChI=1S/C9H15NO2S/c1-9(4-2-7-13-9)8(11)10-5-3-6-12-10/h2-7H2,1H3. The Kier molecular flexibility index (Phi) is 2.51. The minimum Gasteiger partial charge on any atom is -0.271 e. The molecule has 0 spiro atoms. The predicted molar refractivity (Wildman–Crippen MR) is 52.4 cm³/mol. The number of rotatable bonds is 1. The molecule has 2 aliphatic heterocycles. The number of hydrogen-bond donors (Lipinski definition) is 0. The number of carbonyl (C=O) groups is 1. The van der Waals surface area contributed by atoms with Gasteiger partial charge in [0.25, 0.3) is 5.91 Å². The van der Waals surface area contributed by atoms with E-state index in [1.54, 1.807) is 16.8 Å². The van der Waals surface area contributed by atoms with Crippen molar-refractivity contribution in [2.24, 2.45) is 0 Å². The lowest BCUT2D eigenvalue weighted by atomic mass is 10.0. The van der Waals surface area contributed by atoms with E-state index >= 15 is 0 Å². The number of amides is 1. The second-order valence-electron chi connectivity index (χ2n) is 3.78. The summed E-state index contributed by atoms with van der Waals surface area (Å²) < 4.78 is -0.204. The van der Waals surface area contributed by atoms with Crippen molar-refractivity contribution in [3.8, 4) is 0 Å². The molecule has 2 rings (SSSR count). The first-order chi connectivity index (χ1) is 6.22. The molecule has 4 heteroatoms. The molecule has 2 aliphatic rings. The Morgan fingerprint density at radius 2 is 2.38 bits per heavy atom. The molecule has 0 aromatic rings. The van der Waals surface area contributed by atoms with Gasteiger partial charge >= 0.3 is 0 Å². The monoisotopic (exact) mass is 201 g/mol. The van der Waals surface area contributed by atoms with Gasteiger partial charge in [0.1, 0.15) is 0 Å². The van der Waals surface area contributed by atoms with Crippen LogP contribution in [0, 0.1) is 0 Å². The van der Waals surface area contributed by atoms with E-state index in [0.717, 1.165) is 31.6 Å². The van der Waals surface area contributed by atoms with E-state index in [1.165, 1.54) is 0 Å². The summed E-state index contributed by atoms with van der Waals surface area (Å²) in [4.78, 5) is 17.2. The zero-order valence-electron chi connectivity index (χ0n) is 7.91. The molecule has 0 aromatic heterocycles. The van der Waals surface area contributed by atoms with Crippen molar-refractivity contribution in [3.05, 3.63) is 0 Å². The third kappa shape index (κ3) is 1.70. The normalized spacial score (nSPS) is 34.1. The van der Waals surface area contributed by atoms with Crippen molar-refractivity contribution in [1.82, 2.24) is 5.06 Å². The Hall–Kier alpha value is -0.220. The lowest BCUT2D eigenvalue weighted by Crippen LogP contribution is -2.41. The zero-order valence-corrected chi connectivity index (χ0v) is 8.73. The molecule has 2 heterocycles. The molecule has 3 nitrogen and oxygen atoms in total. The van der Waals surface area contributed by atoms with E-state index in [4.69, 9.17) is 4.84 Å². The molecule has 2 fully saturated rings. The van der Waals surface area contributed by atoms with Gasteiger partial charge in [0.15, 0.2) is 0 Å². The van der Waals surface area contributed by atoms with Crippen LogP contribution in [0.1, 0.15) is 26.2 Å². The van der Waals surface area contributed by atoms with E-state index in [-0.39, 0.29) is 10.7 Å². The van der Waals surface area contributed by atoms with Crippen LogP contribution in [-0.4, -0.2) is 34.6 Å². The molecule has 0 N–H and O–H groups in total. The topological polar surface area (TPSA) is 29.5 Å². The summed E-state index contributed by atoms with van der Waals surface area (Å²) in [5.41, 5.74) is 0. The van der Waals surface area contributed by atoms with Gasteiger partial charge in [-0.05, 0) is 31.9 Å². The van der Waals surface area contributed by atoms with Gasteiger partial charge in [-0.15, -0.1) is 11.8 Å². The van der Waals surface area contributed by atoms with Crippen molar-refractivity contribution >= 4 is 17.7 Å². The summed E-state index contributed by atoms with van der Waals surface area (Å²) in [5.74, 6) is 1.28. The first-order valence-corrected chi connectivity index (χ1v) is 5.80. The summed E-state index contributed by atoms with van der Waals surface area (Å²) in [6.07, 6.45) is 3.13. The highest BCUT2D eigenvalue weighted by atomic mass is 32.2. The van der Waals surface area contributed by atoms with Gasteiger partial charge in [-0.1, -0.05) is 0 Å². The summed E-state index contributed by atoms with van der Waals surface area (Å²) in [6, 6.07) is 0. The van der Waals surface area contributed by atoms with Gasteiger partial charge in [-0.3, -0.25) is 9.63 Å². The summed E-state index contributed by atoms with van der Waals surface area (Å²) in [6.45, 7) is 3.51. The second-order valence-corrected chi connectivity index (χ2v) is 5.37. The highest BCUT2D eigenvalue weighted by molar-refractivity contribution is 8.01. The molecular weight excluding hydrogens is 186 g/mol. The lowest BCUT2D eigenvalue weighted by Gasteiger charge is -2.26. The average Bonchev–Trinajstić information content (AvgIpc) is 2.73. The minimum atomic E-state index is -0.204. The van der Waals surface area contributed by atoms with E-state index < -0.39 is 0 Å². The summed E-state index contributed by atoms with van der Waals surface area (Å²) in [7, 11) is 0. The van der Waals surface area contributed by atoms with Crippen molar-refractivity contribution in [3.63, 3.8) is 0 Å². The van der Waals surface area contributed by atoms with Gasteiger partial charge in [0, 0.05) is 0 Å². The fraction of sp³-hybridized carbons (Fsp3) is 0.889. The quantitative estimate of drug-likeness (QED) is 0.643. The Morgan fingerprint density at radius 3 is 2.92 bits per heavy atom. The number of hydrogen-bond acceptors (Lipinski definition) is 3. The fourth-order valence-corrected chi connectivity index (χ4v) is 3.07. The predicted octanol–water partition coefficient (Wildman–Crippen LogP) is 1.44. The molecular formula is C9H15NO2S. The van der Waals surface area contributed by atoms with Gasteiger partial charge < -0.3 is 0 Å². The summed E-state index contributed by atoms with van der Waals surface area (Å²) in [5, 5.41) is 1.55.